The molecule has 24 heavy (non-hydrogen) atoms. The van der Waals surface area contributed by atoms with E-state index in [9.17, 15) is 18.3 Å². The van der Waals surface area contributed by atoms with Gasteiger partial charge in [0.05, 0.1) is 5.56 Å². The van der Waals surface area contributed by atoms with Crippen molar-refractivity contribution in [2.45, 2.75) is 12.3 Å². The molecule has 0 fully saturated rings. The molecule has 1 heterocycles. The number of alkyl halides is 3. The first-order valence-electron chi connectivity index (χ1n) is 6.76. The first-order valence-corrected chi connectivity index (χ1v) is 7.14. The predicted molar refractivity (Wildman–Crippen MR) is 82.9 cm³/mol. The van der Waals surface area contributed by atoms with Crippen LogP contribution >= 0.6 is 11.6 Å². The average Bonchev–Trinajstić information content (AvgIpc) is 2.49. The van der Waals surface area contributed by atoms with Crippen molar-refractivity contribution in [3.05, 3.63) is 41.0 Å². The molecular weight excluding hydrogens is 349 g/mol. The van der Waals surface area contributed by atoms with Crippen molar-refractivity contribution >= 4 is 23.4 Å². The van der Waals surface area contributed by atoms with E-state index in [0.717, 1.165) is 12.1 Å². The number of hydrogen-bond acceptors (Lipinski definition) is 6. The van der Waals surface area contributed by atoms with Crippen LogP contribution in [-0.4, -0.2) is 34.3 Å². The first-order chi connectivity index (χ1) is 11.2. The number of hydrogen-bond donors (Lipinski definition) is 3. The van der Waals surface area contributed by atoms with Gasteiger partial charge in [-0.25, -0.2) is 4.98 Å². The summed E-state index contributed by atoms with van der Waals surface area (Å²) in [5, 5.41) is 12.8. The third-order valence-corrected chi connectivity index (χ3v) is 3.05. The maximum atomic E-state index is 12.4. The number of nitrogens with zero attached hydrogens (tertiary/aromatic N) is 2. The summed E-state index contributed by atoms with van der Waals surface area (Å²) in [5.74, 6) is 0.540. The molecule has 0 spiro atoms. The Morgan fingerprint density at radius 1 is 1.25 bits per heavy atom. The van der Waals surface area contributed by atoms with E-state index in [2.05, 4.69) is 15.3 Å². The van der Waals surface area contributed by atoms with Gasteiger partial charge in [0.25, 0.3) is 0 Å². The summed E-state index contributed by atoms with van der Waals surface area (Å²) in [6.45, 7) is -0.0416. The van der Waals surface area contributed by atoms with E-state index < -0.39 is 17.8 Å². The quantitative estimate of drug-likeness (QED) is 0.684. The van der Waals surface area contributed by atoms with Gasteiger partial charge in [-0.2, -0.15) is 18.2 Å². The molecule has 1 aromatic carbocycles. The molecule has 0 saturated heterocycles. The highest BCUT2D eigenvalue weighted by Gasteiger charge is 2.30. The molecule has 0 bridgehead atoms. The lowest BCUT2D eigenvalue weighted by Gasteiger charge is -2.14. The van der Waals surface area contributed by atoms with Gasteiger partial charge in [0, 0.05) is 12.6 Å². The molecule has 130 valence electrons. The van der Waals surface area contributed by atoms with Crippen LogP contribution in [0.1, 0.15) is 5.56 Å². The minimum atomic E-state index is -4.40. The van der Waals surface area contributed by atoms with Crippen molar-refractivity contribution in [3.63, 3.8) is 0 Å². The van der Waals surface area contributed by atoms with E-state index in [1.165, 1.54) is 18.2 Å². The summed E-state index contributed by atoms with van der Waals surface area (Å²) in [5.41, 5.74) is 4.66. The number of rotatable bonds is 6. The largest absolute Gasteiger partial charge is 0.491 e. The number of nitrogen functional groups attached to an aromatic ring is 1. The van der Waals surface area contributed by atoms with Gasteiger partial charge in [-0.15, -0.1) is 0 Å². The summed E-state index contributed by atoms with van der Waals surface area (Å²) in [6.07, 6.45) is -5.33. The summed E-state index contributed by atoms with van der Waals surface area (Å²) < 4.78 is 42.5. The third-order valence-electron chi connectivity index (χ3n) is 2.86. The molecule has 0 amide bonds. The monoisotopic (exact) mass is 362 g/mol. The zero-order valence-corrected chi connectivity index (χ0v) is 13.0. The lowest BCUT2D eigenvalue weighted by Crippen LogP contribution is -2.26. The van der Waals surface area contributed by atoms with E-state index in [1.54, 1.807) is 0 Å². The average molecular weight is 363 g/mol. The maximum absolute atomic E-state index is 12.4. The molecule has 2 rings (SSSR count). The van der Waals surface area contributed by atoms with Crippen molar-refractivity contribution in [3.8, 4) is 5.75 Å². The Morgan fingerprint density at radius 2 is 1.92 bits per heavy atom. The fourth-order valence-electron chi connectivity index (χ4n) is 1.74. The summed E-state index contributed by atoms with van der Waals surface area (Å²) >= 11 is 5.71. The second-order valence-corrected chi connectivity index (χ2v) is 5.19. The number of nitrogens with two attached hydrogens (primary N) is 1. The van der Waals surface area contributed by atoms with E-state index in [-0.39, 0.29) is 30.0 Å². The van der Waals surface area contributed by atoms with Gasteiger partial charge < -0.3 is 20.9 Å². The SMILES string of the molecule is Nc1nc(Cl)cc(NCC(O)COc2ccc(C(F)(F)F)cc2)n1. The van der Waals surface area contributed by atoms with Crippen LogP contribution in [-0.2, 0) is 6.18 Å². The highest BCUT2D eigenvalue weighted by atomic mass is 35.5. The molecule has 1 unspecified atom stereocenters. The highest BCUT2D eigenvalue weighted by molar-refractivity contribution is 6.29. The lowest BCUT2D eigenvalue weighted by molar-refractivity contribution is -0.137. The van der Waals surface area contributed by atoms with Crippen LogP contribution < -0.4 is 15.8 Å². The van der Waals surface area contributed by atoms with Crippen LogP contribution in [0.15, 0.2) is 30.3 Å². The van der Waals surface area contributed by atoms with Crippen molar-refractivity contribution in [1.82, 2.24) is 9.97 Å². The van der Waals surface area contributed by atoms with Gasteiger partial charge in [0.15, 0.2) is 0 Å². The molecule has 10 heteroatoms. The Bertz CT molecular complexity index is 662. The maximum Gasteiger partial charge on any atom is 0.416 e. The highest BCUT2D eigenvalue weighted by Crippen LogP contribution is 2.30. The number of aliphatic hydroxyl groups excluding tert-OH is 1. The third kappa shape index (κ3) is 5.43. The number of aromatic nitrogens is 2. The molecule has 6 nitrogen and oxygen atoms in total. The van der Waals surface area contributed by atoms with Crippen molar-refractivity contribution in [2.24, 2.45) is 0 Å². The molecule has 0 aliphatic heterocycles. The number of nitrogens with one attached hydrogen (secondary N) is 1. The Morgan fingerprint density at radius 3 is 2.50 bits per heavy atom. The van der Waals surface area contributed by atoms with E-state index in [4.69, 9.17) is 22.1 Å². The van der Waals surface area contributed by atoms with Crippen LogP contribution in [0.25, 0.3) is 0 Å². The molecule has 0 radical (unpaired) electrons. The van der Waals surface area contributed by atoms with Gasteiger partial charge in [-0.3, -0.25) is 0 Å². The topological polar surface area (TPSA) is 93.3 Å². The Hall–Kier alpha value is -2.26. The molecular formula is C14H14ClF3N4O2. The van der Waals surface area contributed by atoms with Gasteiger partial charge >= 0.3 is 6.18 Å². The molecule has 1 atom stereocenters. The molecule has 0 aliphatic carbocycles. The normalized spacial score (nSPS) is 12.7. The van der Waals surface area contributed by atoms with Crippen LogP contribution in [0.4, 0.5) is 24.9 Å². The van der Waals surface area contributed by atoms with Gasteiger partial charge in [0.1, 0.15) is 29.4 Å². The van der Waals surface area contributed by atoms with Crippen LogP contribution in [0.5, 0.6) is 5.75 Å². The van der Waals surface area contributed by atoms with Crippen molar-refractivity contribution < 1.29 is 23.0 Å². The van der Waals surface area contributed by atoms with Crippen molar-refractivity contribution in [2.75, 3.05) is 24.2 Å². The molecule has 2 aromatic rings. The second kappa shape index (κ2) is 7.54. The lowest BCUT2D eigenvalue weighted by atomic mass is 10.2. The molecule has 0 aliphatic rings. The summed E-state index contributed by atoms with van der Waals surface area (Å²) in [4.78, 5) is 7.56. The molecule has 1 aromatic heterocycles. The Labute approximate surface area is 140 Å². The molecule has 0 saturated carbocycles. The minimum absolute atomic E-state index is 0.0134. The van der Waals surface area contributed by atoms with E-state index >= 15 is 0 Å². The van der Waals surface area contributed by atoms with Crippen LogP contribution in [0, 0.1) is 0 Å². The predicted octanol–water partition coefficient (Wildman–Crippen LogP) is 2.58. The molecule has 4 N–H and O–H groups in total. The van der Waals surface area contributed by atoms with Crippen molar-refractivity contribution in [1.29, 1.82) is 0 Å². The summed E-state index contributed by atoms with van der Waals surface area (Å²) in [7, 11) is 0. The fraction of sp³-hybridized carbons (Fsp3) is 0.286. The van der Waals surface area contributed by atoms with Crippen LogP contribution in [0.3, 0.4) is 0 Å². The number of anilines is 2. The van der Waals surface area contributed by atoms with E-state index in [1.807, 2.05) is 0 Å². The number of halogens is 4. The second-order valence-electron chi connectivity index (χ2n) is 4.80. The minimum Gasteiger partial charge on any atom is -0.491 e. The summed E-state index contributed by atoms with van der Waals surface area (Å²) in [6, 6.07) is 5.63. The van der Waals surface area contributed by atoms with Crippen LogP contribution in [0.2, 0.25) is 5.15 Å². The Balaban J connectivity index is 1.81. The van der Waals surface area contributed by atoms with Gasteiger partial charge in [0.2, 0.25) is 5.95 Å². The number of ether oxygens (including phenoxy) is 1. The zero-order chi connectivity index (χ0) is 17.7. The fourth-order valence-corrected chi connectivity index (χ4v) is 1.93. The van der Waals surface area contributed by atoms with Gasteiger partial charge in [-0.1, -0.05) is 11.6 Å². The first kappa shape index (κ1) is 18.1. The zero-order valence-electron chi connectivity index (χ0n) is 12.2. The Kier molecular flexibility index (Phi) is 5.68. The number of benzene rings is 1. The van der Waals surface area contributed by atoms with E-state index in [0.29, 0.717) is 5.82 Å². The van der Waals surface area contributed by atoms with Gasteiger partial charge in [-0.05, 0) is 24.3 Å². The smallest absolute Gasteiger partial charge is 0.416 e. The number of aliphatic hydroxyl groups is 1. The standard InChI is InChI=1S/C14H14ClF3N4O2/c15-11-5-12(22-13(19)21-11)20-6-9(23)7-24-10-3-1-8(2-4-10)14(16,17)18/h1-5,9,23H,6-7H2,(H3,19,20,21,22).